The molecule has 0 radical (unpaired) electrons. The third kappa shape index (κ3) is 4.61. The Morgan fingerprint density at radius 2 is 1.80 bits per heavy atom. The molecular formula is C21H29N3O. The maximum Gasteiger partial charge on any atom is 0.219 e. The predicted molar refractivity (Wildman–Crippen MR) is 98.8 cm³/mol. The molecule has 0 aromatic heterocycles. The van der Waals surface area contributed by atoms with Gasteiger partial charge in [0.1, 0.15) is 0 Å². The van der Waals surface area contributed by atoms with E-state index in [1.807, 2.05) is 12.1 Å². The van der Waals surface area contributed by atoms with E-state index in [0.29, 0.717) is 12.0 Å². The number of hydrogen-bond donors (Lipinski definition) is 0. The lowest BCUT2D eigenvalue weighted by Crippen LogP contribution is -2.47. The Balaban J connectivity index is 1.55. The van der Waals surface area contributed by atoms with E-state index in [1.165, 1.54) is 37.7 Å². The third-order valence-electron chi connectivity index (χ3n) is 5.87. The van der Waals surface area contributed by atoms with Gasteiger partial charge in [0.15, 0.2) is 0 Å². The number of piperidine rings is 1. The first kappa shape index (κ1) is 17.9. The zero-order chi connectivity index (χ0) is 17.6. The molecule has 4 nitrogen and oxygen atoms in total. The second kappa shape index (κ2) is 8.49. The lowest BCUT2D eigenvalue weighted by atomic mass is 9.86. The Morgan fingerprint density at radius 3 is 2.44 bits per heavy atom. The molecule has 1 atom stereocenters. The van der Waals surface area contributed by atoms with Gasteiger partial charge in [0.25, 0.3) is 0 Å². The van der Waals surface area contributed by atoms with E-state index in [1.54, 1.807) is 6.92 Å². The van der Waals surface area contributed by atoms with Crippen LogP contribution in [-0.4, -0.2) is 41.4 Å². The smallest absolute Gasteiger partial charge is 0.219 e. The molecule has 2 fully saturated rings. The molecule has 1 amide bonds. The molecule has 0 saturated carbocycles. The van der Waals surface area contributed by atoms with Gasteiger partial charge < -0.3 is 4.90 Å². The summed E-state index contributed by atoms with van der Waals surface area (Å²) in [4.78, 5) is 16.7. The van der Waals surface area contributed by atoms with Crippen LogP contribution in [0.2, 0.25) is 0 Å². The number of benzene rings is 1. The second-order valence-electron chi connectivity index (χ2n) is 7.55. The molecule has 1 unspecified atom stereocenters. The van der Waals surface area contributed by atoms with Crippen molar-refractivity contribution in [1.29, 1.82) is 5.26 Å². The number of likely N-dealkylation sites (tertiary alicyclic amines) is 2. The molecule has 134 valence electrons. The molecule has 1 aromatic carbocycles. The summed E-state index contributed by atoms with van der Waals surface area (Å²) in [6, 6.07) is 10.6. The Bertz CT molecular complexity index is 611. The standard InChI is InChI=1S/C21H29N3O/c1-17(25)24-12-4-2-3-5-21(24)20-10-13-23(14-11-20)16-19-8-6-18(15-22)7-9-19/h6-9,20-21H,2-5,10-14,16H2,1H3. The number of carbonyl (C=O) groups is 1. The van der Waals surface area contributed by atoms with E-state index in [-0.39, 0.29) is 5.91 Å². The lowest BCUT2D eigenvalue weighted by Gasteiger charge is -2.40. The summed E-state index contributed by atoms with van der Waals surface area (Å²) < 4.78 is 0. The minimum Gasteiger partial charge on any atom is -0.340 e. The molecule has 3 rings (SSSR count). The molecular weight excluding hydrogens is 310 g/mol. The van der Waals surface area contributed by atoms with Crippen LogP contribution in [0, 0.1) is 17.2 Å². The summed E-state index contributed by atoms with van der Waals surface area (Å²) in [6.07, 6.45) is 7.24. The van der Waals surface area contributed by atoms with Gasteiger partial charge in [-0.05, 0) is 62.4 Å². The normalized spacial score (nSPS) is 23.0. The van der Waals surface area contributed by atoms with Crippen molar-refractivity contribution in [2.75, 3.05) is 19.6 Å². The van der Waals surface area contributed by atoms with Crippen LogP contribution in [0.5, 0.6) is 0 Å². The zero-order valence-corrected chi connectivity index (χ0v) is 15.3. The Labute approximate surface area is 151 Å². The van der Waals surface area contributed by atoms with Crippen LogP contribution < -0.4 is 0 Å². The van der Waals surface area contributed by atoms with Crippen LogP contribution in [0.4, 0.5) is 0 Å². The summed E-state index contributed by atoms with van der Waals surface area (Å²) in [7, 11) is 0. The van der Waals surface area contributed by atoms with Crippen molar-refractivity contribution in [3.8, 4) is 6.07 Å². The SMILES string of the molecule is CC(=O)N1CCCCCC1C1CCN(Cc2ccc(C#N)cc2)CC1. The largest absolute Gasteiger partial charge is 0.340 e. The quantitative estimate of drug-likeness (QED) is 0.846. The first-order chi connectivity index (χ1) is 12.2. The summed E-state index contributed by atoms with van der Waals surface area (Å²) in [5.41, 5.74) is 2.00. The highest BCUT2D eigenvalue weighted by atomic mass is 16.2. The zero-order valence-electron chi connectivity index (χ0n) is 15.3. The molecule has 25 heavy (non-hydrogen) atoms. The van der Waals surface area contributed by atoms with Gasteiger partial charge in [-0.15, -0.1) is 0 Å². The number of amides is 1. The fourth-order valence-corrected chi connectivity index (χ4v) is 4.45. The lowest BCUT2D eigenvalue weighted by molar-refractivity contribution is -0.132. The van der Waals surface area contributed by atoms with Crippen LogP contribution in [0.1, 0.15) is 56.6 Å². The summed E-state index contributed by atoms with van der Waals surface area (Å²) >= 11 is 0. The van der Waals surface area contributed by atoms with E-state index in [2.05, 4.69) is 28.0 Å². The highest BCUT2D eigenvalue weighted by Gasteiger charge is 2.32. The maximum atomic E-state index is 12.1. The number of nitrogens with zero attached hydrogens (tertiary/aromatic N) is 3. The van der Waals surface area contributed by atoms with Crippen LogP contribution in [-0.2, 0) is 11.3 Å². The van der Waals surface area contributed by atoms with Crippen molar-refractivity contribution >= 4 is 5.91 Å². The van der Waals surface area contributed by atoms with Crippen LogP contribution in [0.3, 0.4) is 0 Å². The monoisotopic (exact) mass is 339 g/mol. The Kier molecular flexibility index (Phi) is 6.09. The van der Waals surface area contributed by atoms with E-state index >= 15 is 0 Å². The second-order valence-corrected chi connectivity index (χ2v) is 7.55. The first-order valence-corrected chi connectivity index (χ1v) is 9.66. The number of carbonyl (C=O) groups excluding carboxylic acids is 1. The van der Waals surface area contributed by atoms with Gasteiger partial charge in [-0.1, -0.05) is 25.0 Å². The van der Waals surface area contributed by atoms with E-state index in [0.717, 1.165) is 38.2 Å². The first-order valence-electron chi connectivity index (χ1n) is 9.66. The molecule has 2 saturated heterocycles. The van der Waals surface area contributed by atoms with Gasteiger partial charge in [0, 0.05) is 26.1 Å². The third-order valence-corrected chi connectivity index (χ3v) is 5.87. The molecule has 2 heterocycles. The van der Waals surface area contributed by atoms with Crippen LogP contribution in [0.15, 0.2) is 24.3 Å². The summed E-state index contributed by atoms with van der Waals surface area (Å²) in [6.45, 7) is 5.85. The average Bonchev–Trinajstić information content (AvgIpc) is 2.89. The average molecular weight is 339 g/mol. The highest BCUT2D eigenvalue weighted by Crippen LogP contribution is 2.30. The van der Waals surface area contributed by atoms with Gasteiger partial charge in [0.05, 0.1) is 11.6 Å². The molecule has 2 aliphatic heterocycles. The van der Waals surface area contributed by atoms with Gasteiger partial charge in [-0.25, -0.2) is 0 Å². The van der Waals surface area contributed by atoms with Gasteiger partial charge >= 0.3 is 0 Å². The van der Waals surface area contributed by atoms with Crippen LogP contribution >= 0.6 is 0 Å². The van der Waals surface area contributed by atoms with Crippen molar-refractivity contribution in [2.24, 2.45) is 5.92 Å². The fourth-order valence-electron chi connectivity index (χ4n) is 4.45. The minimum atomic E-state index is 0.256. The summed E-state index contributed by atoms with van der Waals surface area (Å²) in [5, 5.41) is 8.89. The van der Waals surface area contributed by atoms with Crippen molar-refractivity contribution in [1.82, 2.24) is 9.80 Å². The number of hydrogen-bond acceptors (Lipinski definition) is 3. The van der Waals surface area contributed by atoms with Gasteiger partial charge in [0.2, 0.25) is 5.91 Å². The minimum absolute atomic E-state index is 0.256. The van der Waals surface area contributed by atoms with Crippen molar-refractivity contribution < 1.29 is 4.79 Å². The van der Waals surface area contributed by atoms with Gasteiger partial charge in [-0.2, -0.15) is 5.26 Å². The molecule has 4 heteroatoms. The number of rotatable bonds is 3. The Hall–Kier alpha value is -1.86. The molecule has 0 aliphatic carbocycles. The van der Waals surface area contributed by atoms with E-state index < -0.39 is 0 Å². The number of nitriles is 1. The molecule has 0 bridgehead atoms. The summed E-state index contributed by atoms with van der Waals surface area (Å²) in [5.74, 6) is 0.908. The molecule has 2 aliphatic rings. The highest BCUT2D eigenvalue weighted by molar-refractivity contribution is 5.73. The molecule has 0 N–H and O–H groups in total. The predicted octanol–water partition coefficient (Wildman–Crippen LogP) is 3.56. The van der Waals surface area contributed by atoms with E-state index in [4.69, 9.17) is 5.26 Å². The van der Waals surface area contributed by atoms with Crippen molar-refractivity contribution in [3.05, 3.63) is 35.4 Å². The van der Waals surface area contributed by atoms with E-state index in [9.17, 15) is 4.79 Å². The molecule has 0 spiro atoms. The van der Waals surface area contributed by atoms with Gasteiger partial charge in [-0.3, -0.25) is 9.69 Å². The molecule has 1 aromatic rings. The fraction of sp³-hybridized carbons (Fsp3) is 0.619. The van der Waals surface area contributed by atoms with Crippen molar-refractivity contribution in [3.63, 3.8) is 0 Å². The Morgan fingerprint density at radius 1 is 1.08 bits per heavy atom. The van der Waals surface area contributed by atoms with Crippen molar-refractivity contribution in [2.45, 2.75) is 58.0 Å². The topological polar surface area (TPSA) is 47.3 Å². The maximum absolute atomic E-state index is 12.1. The van der Waals surface area contributed by atoms with Crippen LogP contribution in [0.25, 0.3) is 0 Å².